The van der Waals surface area contributed by atoms with Gasteiger partial charge in [0.15, 0.2) is 0 Å². The molecule has 1 aromatic heterocycles. The van der Waals surface area contributed by atoms with Gasteiger partial charge < -0.3 is 0 Å². The first-order valence-corrected chi connectivity index (χ1v) is 4.72. The van der Waals surface area contributed by atoms with E-state index in [1.165, 1.54) is 5.56 Å². The van der Waals surface area contributed by atoms with E-state index >= 15 is 0 Å². The van der Waals surface area contributed by atoms with Crippen LogP contribution in [0.3, 0.4) is 0 Å². The second-order valence-electron chi connectivity index (χ2n) is 3.22. The first-order chi connectivity index (χ1) is 7.34. The molecule has 0 aliphatic heterocycles. The van der Waals surface area contributed by atoms with Gasteiger partial charge in [-0.2, -0.15) is 0 Å². The maximum atomic E-state index is 4.16. The van der Waals surface area contributed by atoms with Gasteiger partial charge in [-0.15, -0.1) is 0 Å². The third kappa shape index (κ3) is 2.71. The van der Waals surface area contributed by atoms with E-state index in [2.05, 4.69) is 21.9 Å². The van der Waals surface area contributed by atoms with Gasteiger partial charge in [0.25, 0.3) is 0 Å². The maximum Gasteiger partial charge on any atom is 0.249 e. The lowest BCUT2D eigenvalue weighted by Gasteiger charge is -1.93. The molecule has 0 fully saturated rings. The van der Waals surface area contributed by atoms with Crippen molar-refractivity contribution in [3.05, 3.63) is 53.9 Å². The summed E-state index contributed by atoms with van der Waals surface area (Å²) in [6.07, 6.45) is 5.11. The standard InChI is InChI=1S/C12H11N3/c1-10-3-5-11(6-4-10)9-15-12-13-7-2-8-14-12/h2-9H,1H3. The van der Waals surface area contributed by atoms with Crippen molar-refractivity contribution in [2.45, 2.75) is 6.92 Å². The molecule has 0 N–H and O–H groups in total. The highest BCUT2D eigenvalue weighted by Crippen LogP contribution is 2.03. The molecular weight excluding hydrogens is 186 g/mol. The summed E-state index contributed by atoms with van der Waals surface area (Å²) >= 11 is 0. The Morgan fingerprint density at radius 2 is 1.73 bits per heavy atom. The molecule has 1 aromatic carbocycles. The molecule has 0 amide bonds. The minimum Gasteiger partial charge on any atom is -0.220 e. The zero-order valence-corrected chi connectivity index (χ0v) is 8.46. The van der Waals surface area contributed by atoms with Crippen molar-refractivity contribution in [1.82, 2.24) is 9.97 Å². The number of aliphatic imine (C=N–C) groups is 1. The fraction of sp³-hybridized carbons (Fsp3) is 0.0833. The lowest BCUT2D eigenvalue weighted by Crippen LogP contribution is -1.82. The predicted molar refractivity (Wildman–Crippen MR) is 60.5 cm³/mol. The molecule has 0 spiro atoms. The van der Waals surface area contributed by atoms with Crippen LogP contribution in [0.25, 0.3) is 0 Å². The highest BCUT2D eigenvalue weighted by molar-refractivity contribution is 5.81. The second kappa shape index (κ2) is 4.46. The van der Waals surface area contributed by atoms with Crippen LogP contribution < -0.4 is 0 Å². The summed E-state index contributed by atoms with van der Waals surface area (Å²) in [5.41, 5.74) is 2.29. The molecule has 0 bridgehead atoms. The molecule has 2 aromatic rings. The normalized spacial score (nSPS) is 10.7. The Hall–Kier alpha value is -2.03. The number of benzene rings is 1. The van der Waals surface area contributed by atoms with Gasteiger partial charge >= 0.3 is 0 Å². The molecule has 0 aliphatic carbocycles. The van der Waals surface area contributed by atoms with Crippen LogP contribution in [0.5, 0.6) is 0 Å². The number of nitrogens with zero attached hydrogens (tertiary/aromatic N) is 3. The van der Waals surface area contributed by atoms with Crippen LogP contribution in [0.1, 0.15) is 11.1 Å². The molecule has 3 nitrogen and oxygen atoms in total. The van der Waals surface area contributed by atoms with E-state index in [1.807, 2.05) is 24.3 Å². The van der Waals surface area contributed by atoms with Crippen molar-refractivity contribution in [3.63, 3.8) is 0 Å². The van der Waals surface area contributed by atoms with Crippen molar-refractivity contribution in [2.24, 2.45) is 4.99 Å². The summed E-state index contributed by atoms with van der Waals surface area (Å²) in [4.78, 5) is 12.2. The second-order valence-corrected chi connectivity index (χ2v) is 3.22. The molecule has 3 heteroatoms. The minimum atomic E-state index is 0.484. The zero-order valence-electron chi connectivity index (χ0n) is 8.46. The Bertz CT molecular complexity index is 446. The van der Waals surface area contributed by atoms with Gasteiger partial charge in [-0.1, -0.05) is 29.8 Å². The molecular formula is C12H11N3. The van der Waals surface area contributed by atoms with Crippen LogP contribution in [0, 0.1) is 6.92 Å². The topological polar surface area (TPSA) is 38.1 Å². The van der Waals surface area contributed by atoms with Gasteiger partial charge in [0.05, 0.1) is 0 Å². The molecule has 74 valence electrons. The van der Waals surface area contributed by atoms with Gasteiger partial charge in [-0.05, 0) is 18.6 Å². The molecule has 0 radical (unpaired) electrons. The molecule has 2 rings (SSSR count). The van der Waals surface area contributed by atoms with E-state index in [0.717, 1.165) is 5.56 Å². The Labute approximate surface area is 88.6 Å². The van der Waals surface area contributed by atoms with Gasteiger partial charge in [0.2, 0.25) is 5.95 Å². The molecule has 0 saturated heterocycles. The number of aryl methyl sites for hydroxylation is 1. The summed E-state index contributed by atoms with van der Waals surface area (Å²) in [5.74, 6) is 0.484. The van der Waals surface area contributed by atoms with Gasteiger partial charge in [-0.25, -0.2) is 15.0 Å². The summed E-state index contributed by atoms with van der Waals surface area (Å²) in [5, 5.41) is 0. The van der Waals surface area contributed by atoms with Crippen LogP contribution in [0.2, 0.25) is 0 Å². The van der Waals surface area contributed by atoms with Gasteiger partial charge in [-0.3, -0.25) is 0 Å². The summed E-state index contributed by atoms with van der Waals surface area (Å²) in [7, 11) is 0. The Morgan fingerprint density at radius 1 is 1.07 bits per heavy atom. The Morgan fingerprint density at radius 3 is 2.40 bits per heavy atom. The number of hydrogen-bond donors (Lipinski definition) is 0. The first-order valence-electron chi connectivity index (χ1n) is 4.72. The number of rotatable bonds is 2. The van der Waals surface area contributed by atoms with Crippen LogP contribution in [-0.4, -0.2) is 16.2 Å². The summed E-state index contributed by atoms with van der Waals surface area (Å²) < 4.78 is 0. The van der Waals surface area contributed by atoms with Crippen LogP contribution in [0.15, 0.2) is 47.7 Å². The van der Waals surface area contributed by atoms with Crippen molar-refractivity contribution >= 4 is 12.2 Å². The van der Waals surface area contributed by atoms with E-state index in [1.54, 1.807) is 24.7 Å². The van der Waals surface area contributed by atoms with E-state index in [4.69, 9.17) is 0 Å². The zero-order chi connectivity index (χ0) is 10.5. The fourth-order valence-corrected chi connectivity index (χ4v) is 1.14. The average molecular weight is 197 g/mol. The number of hydrogen-bond acceptors (Lipinski definition) is 3. The van der Waals surface area contributed by atoms with E-state index < -0.39 is 0 Å². The van der Waals surface area contributed by atoms with Gasteiger partial charge in [0, 0.05) is 18.6 Å². The first kappa shape index (κ1) is 9.52. The third-order valence-corrected chi connectivity index (χ3v) is 1.96. The molecule has 0 saturated carbocycles. The summed E-state index contributed by atoms with van der Waals surface area (Å²) in [6, 6.07) is 9.90. The summed E-state index contributed by atoms with van der Waals surface area (Å²) in [6.45, 7) is 2.06. The third-order valence-electron chi connectivity index (χ3n) is 1.96. The average Bonchev–Trinajstić information content (AvgIpc) is 2.30. The van der Waals surface area contributed by atoms with Crippen LogP contribution in [0.4, 0.5) is 5.95 Å². The maximum absolute atomic E-state index is 4.16. The molecule has 1 heterocycles. The van der Waals surface area contributed by atoms with Crippen LogP contribution in [-0.2, 0) is 0 Å². The van der Waals surface area contributed by atoms with Crippen molar-refractivity contribution in [3.8, 4) is 0 Å². The Balaban J connectivity index is 2.15. The lowest BCUT2D eigenvalue weighted by molar-refractivity contribution is 1.14. The fourth-order valence-electron chi connectivity index (χ4n) is 1.14. The van der Waals surface area contributed by atoms with Crippen LogP contribution >= 0.6 is 0 Å². The van der Waals surface area contributed by atoms with E-state index in [9.17, 15) is 0 Å². The SMILES string of the molecule is Cc1ccc(C=Nc2ncccn2)cc1. The Kier molecular flexibility index (Phi) is 2.83. The monoisotopic (exact) mass is 197 g/mol. The lowest BCUT2D eigenvalue weighted by atomic mass is 10.2. The molecule has 0 unspecified atom stereocenters. The van der Waals surface area contributed by atoms with E-state index in [-0.39, 0.29) is 0 Å². The van der Waals surface area contributed by atoms with Crippen molar-refractivity contribution < 1.29 is 0 Å². The molecule has 0 atom stereocenters. The molecule has 0 aliphatic rings. The smallest absolute Gasteiger partial charge is 0.220 e. The number of aromatic nitrogens is 2. The highest BCUT2D eigenvalue weighted by atomic mass is 15.0. The quantitative estimate of drug-likeness (QED) is 0.694. The predicted octanol–water partition coefficient (Wildman–Crippen LogP) is 2.54. The minimum absolute atomic E-state index is 0.484. The van der Waals surface area contributed by atoms with Gasteiger partial charge in [0.1, 0.15) is 0 Å². The van der Waals surface area contributed by atoms with Crippen molar-refractivity contribution in [1.29, 1.82) is 0 Å². The van der Waals surface area contributed by atoms with Crippen molar-refractivity contribution in [2.75, 3.05) is 0 Å². The largest absolute Gasteiger partial charge is 0.249 e. The molecule has 15 heavy (non-hydrogen) atoms. The highest BCUT2D eigenvalue weighted by Gasteiger charge is 1.89. The van der Waals surface area contributed by atoms with E-state index in [0.29, 0.717) is 5.95 Å².